The number of nitriles is 1. The monoisotopic (exact) mass is 471 g/mol. The molecule has 2 N–H and O–H groups in total. The first kappa shape index (κ1) is 24.9. The van der Waals surface area contributed by atoms with E-state index in [1.807, 2.05) is 31.2 Å². The summed E-state index contributed by atoms with van der Waals surface area (Å²) in [6.07, 6.45) is 1.44. The minimum atomic E-state index is -0.591. The Morgan fingerprint density at radius 1 is 0.971 bits per heavy atom. The number of amides is 2. The largest absolute Gasteiger partial charge is 0.493 e. The lowest BCUT2D eigenvalue weighted by Crippen LogP contribution is -2.28. The predicted molar refractivity (Wildman–Crippen MR) is 132 cm³/mol. The van der Waals surface area contributed by atoms with Crippen molar-refractivity contribution < 1.29 is 23.8 Å². The van der Waals surface area contributed by atoms with Gasteiger partial charge in [-0.15, -0.1) is 0 Å². The van der Waals surface area contributed by atoms with Crippen LogP contribution >= 0.6 is 0 Å². The number of anilines is 1. The van der Waals surface area contributed by atoms with Gasteiger partial charge >= 0.3 is 0 Å². The van der Waals surface area contributed by atoms with Crippen molar-refractivity contribution in [3.63, 3.8) is 0 Å². The Balaban J connectivity index is 1.76. The fourth-order valence-corrected chi connectivity index (χ4v) is 3.06. The van der Waals surface area contributed by atoms with Crippen LogP contribution in [0.15, 0.2) is 78.4 Å². The fourth-order valence-electron chi connectivity index (χ4n) is 3.06. The Hall–Kier alpha value is -4.77. The number of carbonyl (C=O) groups excluding carboxylic acids is 2. The number of methoxy groups -OCH3 is 1. The standard InChI is InChI=1S/C27H25N3O5/c1-3-29-26(31)18-34-24-14-13-19(16-25(24)33-2)15-20(17-28)27(32)30-22-11-7-8-12-23(22)35-21-9-5-4-6-10-21/h4-16H,3,18H2,1-2H3,(H,29,31)(H,30,32)/b20-15+. The summed E-state index contributed by atoms with van der Waals surface area (Å²) >= 11 is 0. The highest BCUT2D eigenvalue weighted by molar-refractivity contribution is 6.10. The molecule has 0 aromatic heterocycles. The van der Waals surface area contributed by atoms with Crippen molar-refractivity contribution in [2.24, 2.45) is 0 Å². The summed E-state index contributed by atoms with van der Waals surface area (Å²) < 4.78 is 16.7. The third-order valence-corrected chi connectivity index (χ3v) is 4.70. The van der Waals surface area contributed by atoms with Crippen molar-refractivity contribution in [2.75, 3.05) is 25.6 Å². The highest BCUT2D eigenvalue weighted by Gasteiger charge is 2.14. The lowest BCUT2D eigenvalue weighted by atomic mass is 10.1. The Bertz CT molecular complexity index is 1250. The molecule has 0 radical (unpaired) electrons. The van der Waals surface area contributed by atoms with Crippen molar-refractivity contribution in [2.45, 2.75) is 6.92 Å². The molecule has 0 saturated carbocycles. The third-order valence-electron chi connectivity index (χ3n) is 4.70. The van der Waals surface area contributed by atoms with Gasteiger partial charge in [0.2, 0.25) is 0 Å². The molecule has 0 bridgehead atoms. The maximum Gasteiger partial charge on any atom is 0.266 e. The van der Waals surface area contributed by atoms with E-state index in [1.54, 1.807) is 54.6 Å². The van der Waals surface area contributed by atoms with E-state index in [0.29, 0.717) is 40.8 Å². The van der Waals surface area contributed by atoms with Gasteiger partial charge in [0.25, 0.3) is 11.8 Å². The van der Waals surface area contributed by atoms with Gasteiger partial charge in [0.05, 0.1) is 12.8 Å². The summed E-state index contributed by atoms with van der Waals surface area (Å²) in [7, 11) is 1.46. The number of likely N-dealkylation sites (N-methyl/N-ethyl adjacent to an activating group) is 1. The van der Waals surface area contributed by atoms with E-state index < -0.39 is 5.91 Å². The van der Waals surface area contributed by atoms with Crippen LogP contribution in [0.3, 0.4) is 0 Å². The molecule has 8 nitrogen and oxygen atoms in total. The molecular formula is C27H25N3O5. The van der Waals surface area contributed by atoms with Gasteiger partial charge in [-0.2, -0.15) is 5.26 Å². The van der Waals surface area contributed by atoms with E-state index in [2.05, 4.69) is 10.6 Å². The molecule has 0 heterocycles. The lowest BCUT2D eigenvalue weighted by molar-refractivity contribution is -0.123. The van der Waals surface area contributed by atoms with Crippen LogP contribution < -0.4 is 24.8 Å². The summed E-state index contributed by atoms with van der Waals surface area (Å²) in [6.45, 7) is 2.16. The highest BCUT2D eigenvalue weighted by atomic mass is 16.5. The van der Waals surface area contributed by atoms with Gasteiger partial charge in [0.15, 0.2) is 23.9 Å². The Morgan fingerprint density at radius 2 is 1.71 bits per heavy atom. The third kappa shape index (κ3) is 7.11. The van der Waals surface area contributed by atoms with E-state index in [1.165, 1.54) is 13.2 Å². The molecule has 3 aromatic carbocycles. The summed E-state index contributed by atoms with van der Waals surface area (Å²) in [5.41, 5.74) is 0.861. The van der Waals surface area contributed by atoms with Crippen LogP contribution in [0.2, 0.25) is 0 Å². The Morgan fingerprint density at radius 3 is 2.43 bits per heavy atom. The molecule has 0 spiro atoms. The molecule has 0 saturated heterocycles. The van der Waals surface area contributed by atoms with Crippen molar-refractivity contribution >= 4 is 23.6 Å². The van der Waals surface area contributed by atoms with Gasteiger partial charge in [-0.05, 0) is 55.0 Å². The molecule has 0 fully saturated rings. The SMILES string of the molecule is CCNC(=O)COc1ccc(/C=C(\C#N)C(=O)Nc2ccccc2Oc2ccccc2)cc1OC. The Labute approximate surface area is 203 Å². The van der Waals surface area contributed by atoms with Crippen LogP contribution in [0.5, 0.6) is 23.0 Å². The zero-order valence-electron chi connectivity index (χ0n) is 19.4. The molecule has 3 rings (SSSR count). The summed E-state index contributed by atoms with van der Waals surface area (Å²) in [6, 6.07) is 22.9. The molecule has 2 amide bonds. The van der Waals surface area contributed by atoms with Crippen LogP contribution in [0.25, 0.3) is 6.08 Å². The molecular weight excluding hydrogens is 446 g/mol. The second-order valence-electron chi connectivity index (χ2n) is 7.19. The van der Waals surface area contributed by atoms with Gasteiger partial charge in [0.1, 0.15) is 17.4 Å². The van der Waals surface area contributed by atoms with Crippen molar-refractivity contribution in [1.29, 1.82) is 5.26 Å². The minimum Gasteiger partial charge on any atom is -0.493 e. The fraction of sp³-hybridized carbons (Fsp3) is 0.148. The number of benzene rings is 3. The molecule has 0 unspecified atom stereocenters. The number of hydrogen-bond donors (Lipinski definition) is 2. The molecule has 3 aromatic rings. The maximum atomic E-state index is 12.9. The molecule has 35 heavy (non-hydrogen) atoms. The van der Waals surface area contributed by atoms with Crippen LogP contribution in [0, 0.1) is 11.3 Å². The van der Waals surface area contributed by atoms with Crippen LogP contribution in [-0.2, 0) is 9.59 Å². The number of para-hydroxylation sites is 3. The van der Waals surface area contributed by atoms with E-state index in [-0.39, 0.29) is 18.1 Å². The first-order valence-electron chi connectivity index (χ1n) is 10.9. The first-order valence-corrected chi connectivity index (χ1v) is 10.9. The van der Waals surface area contributed by atoms with Crippen molar-refractivity contribution in [1.82, 2.24) is 5.32 Å². The first-order chi connectivity index (χ1) is 17.0. The molecule has 0 aliphatic rings. The van der Waals surface area contributed by atoms with Gasteiger partial charge in [-0.3, -0.25) is 9.59 Å². The van der Waals surface area contributed by atoms with Gasteiger partial charge in [-0.1, -0.05) is 36.4 Å². The summed E-state index contributed by atoms with van der Waals surface area (Å²) in [4.78, 5) is 24.5. The molecule has 0 atom stereocenters. The number of hydrogen-bond acceptors (Lipinski definition) is 6. The topological polar surface area (TPSA) is 110 Å². The van der Waals surface area contributed by atoms with Crippen LogP contribution in [0.1, 0.15) is 12.5 Å². The number of nitrogens with zero attached hydrogens (tertiary/aromatic N) is 1. The average molecular weight is 472 g/mol. The summed E-state index contributed by atoms with van der Waals surface area (Å²) in [5.74, 6) is 0.949. The maximum absolute atomic E-state index is 12.9. The predicted octanol–water partition coefficient (Wildman–Crippen LogP) is 4.55. The Kier molecular flexibility index (Phi) is 8.85. The van der Waals surface area contributed by atoms with Crippen LogP contribution in [0.4, 0.5) is 5.69 Å². The van der Waals surface area contributed by atoms with Crippen molar-refractivity contribution in [3.05, 3.63) is 83.9 Å². The number of nitrogens with one attached hydrogen (secondary N) is 2. The normalized spacial score (nSPS) is 10.6. The number of rotatable bonds is 10. The van der Waals surface area contributed by atoms with Gasteiger partial charge in [0, 0.05) is 6.54 Å². The van der Waals surface area contributed by atoms with Gasteiger partial charge in [-0.25, -0.2) is 0 Å². The summed E-state index contributed by atoms with van der Waals surface area (Å²) in [5, 5.41) is 15.0. The molecule has 178 valence electrons. The highest BCUT2D eigenvalue weighted by Crippen LogP contribution is 2.31. The van der Waals surface area contributed by atoms with E-state index >= 15 is 0 Å². The quantitative estimate of drug-likeness (QED) is 0.332. The second-order valence-corrected chi connectivity index (χ2v) is 7.19. The van der Waals surface area contributed by atoms with Gasteiger partial charge < -0.3 is 24.8 Å². The van der Waals surface area contributed by atoms with E-state index in [4.69, 9.17) is 14.2 Å². The van der Waals surface area contributed by atoms with E-state index in [9.17, 15) is 14.9 Å². The second kappa shape index (κ2) is 12.5. The number of ether oxygens (including phenoxy) is 3. The average Bonchev–Trinajstić information content (AvgIpc) is 2.88. The van der Waals surface area contributed by atoms with E-state index in [0.717, 1.165) is 0 Å². The van der Waals surface area contributed by atoms with Crippen molar-refractivity contribution in [3.8, 4) is 29.1 Å². The molecule has 0 aliphatic carbocycles. The molecule has 0 aliphatic heterocycles. The number of carbonyl (C=O) groups is 2. The zero-order valence-corrected chi connectivity index (χ0v) is 19.4. The zero-order chi connectivity index (χ0) is 25.0. The smallest absolute Gasteiger partial charge is 0.266 e. The van der Waals surface area contributed by atoms with Crippen LogP contribution in [-0.4, -0.2) is 32.1 Å². The molecule has 8 heteroatoms. The lowest BCUT2D eigenvalue weighted by Gasteiger charge is -2.12. The minimum absolute atomic E-state index is 0.113.